The van der Waals surface area contributed by atoms with E-state index in [9.17, 15) is 4.79 Å². The molecule has 0 N–H and O–H groups in total. The molecular formula is C21H24N2O2. The third-order valence-electron chi connectivity index (χ3n) is 5.24. The number of aromatic nitrogens is 1. The first kappa shape index (κ1) is 16.1. The van der Waals surface area contributed by atoms with Gasteiger partial charge in [-0.25, -0.2) is 0 Å². The molecule has 25 heavy (non-hydrogen) atoms. The standard InChI is InChI=1S/C21H24N2O2/c1-4-23-17-8-7-16(20-13(2)11-22-12-14(20)3)10-18(17)25-19(21(23)24)9-15-5-6-15/h7-8,10-12,15,19H,4-6,9H2,1-3H3/t19-/m1/s1. The first-order valence-electron chi connectivity index (χ1n) is 9.12. The van der Waals surface area contributed by atoms with Crippen LogP contribution < -0.4 is 9.64 Å². The van der Waals surface area contributed by atoms with E-state index in [1.165, 1.54) is 18.4 Å². The summed E-state index contributed by atoms with van der Waals surface area (Å²) in [5.74, 6) is 1.58. The van der Waals surface area contributed by atoms with Crippen molar-refractivity contribution in [1.29, 1.82) is 0 Å². The highest BCUT2D eigenvalue weighted by molar-refractivity contribution is 6.00. The van der Waals surface area contributed by atoms with Crippen molar-refractivity contribution in [3.63, 3.8) is 0 Å². The summed E-state index contributed by atoms with van der Waals surface area (Å²) in [7, 11) is 0. The minimum Gasteiger partial charge on any atom is -0.478 e. The zero-order chi connectivity index (χ0) is 17.6. The lowest BCUT2D eigenvalue weighted by atomic mass is 9.97. The maximum Gasteiger partial charge on any atom is 0.268 e. The Morgan fingerprint density at radius 2 is 1.92 bits per heavy atom. The molecule has 1 fully saturated rings. The van der Waals surface area contributed by atoms with Gasteiger partial charge >= 0.3 is 0 Å². The maximum atomic E-state index is 12.7. The number of hydrogen-bond acceptors (Lipinski definition) is 3. The minimum absolute atomic E-state index is 0.103. The molecule has 0 radical (unpaired) electrons. The maximum absolute atomic E-state index is 12.7. The monoisotopic (exact) mass is 336 g/mol. The molecule has 2 aromatic rings. The highest BCUT2D eigenvalue weighted by atomic mass is 16.5. The molecule has 2 aliphatic rings. The van der Waals surface area contributed by atoms with E-state index >= 15 is 0 Å². The number of aryl methyl sites for hydroxylation is 2. The predicted molar refractivity (Wildman–Crippen MR) is 98.9 cm³/mol. The van der Waals surface area contributed by atoms with E-state index < -0.39 is 0 Å². The first-order valence-corrected chi connectivity index (χ1v) is 9.12. The molecule has 0 spiro atoms. The molecule has 1 atom stereocenters. The summed E-state index contributed by atoms with van der Waals surface area (Å²) < 4.78 is 6.16. The molecule has 1 aromatic carbocycles. The molecule has 1 aromatic heterocycles. The van der Waals surface area contributed by atoms with Crippen molar-refractivity contribution in [3.8, 4) is 16.9 Å². The SMILES string of the molecule is CCN1C(=O)[C@@H](CC2CC2)Oc2cc(-c3c(C)cncc3C)ccc21. The van der Waals surface area contributed by atoms with Crippen LogP contribution in [-0.4, -0.2) is 23.5 Å². The number of carbonyl (C=O) groups excluding carboxylic acids is 1. The van der Waals surface area contributed by atoms with Crippen LogP contribution in [0.15, 0.2) is 30.6 Å². The van der Waals surface area contributed by atoms with Gasteiger partial charge in [0, 0.05) is 18.9 Å². The van der Waals surface area contributed by atoms with Crippen LogP contribution in [0.4, 0.5) is 5.69 Å². The van der Waals surface area contributed by atoms with Crippen LogP contribution in [0, 0.1) is 19.8 Å². The van der Waals surface area contributed by atoms with Gasteiger partial charge in [0.05, 0.1) is 5.69 Å². The van der Waals surface area contributed by atoms with Gasteiger partial charge in [-0.1, -0.05) is 18.9 Å². The van der Waals surface area contributed by atoms with Crippen LogP contribution in [0.2, 0.25) is 0 Å². The molecule has 4 rings (SSSR count). The summed E-state index contributed by atoms with van der Waals surface area (Å²) in [4.78, 5) is 18.9. The third-order valence-corrected chi connectivity index (χ3v) is 5.24. The average molecular weight is 336 g/mol. The van der Waals surface area contributed by atoms with Crippen molar-refractivity contribution in [2.24, 2.45) is 5.92 Å². The van der Waals surface area contributed by atoms with Crippen LogP contribution >= 0.6 is 0 Å². The molecule has 2 heterocycles. The van der Waals surface area contributed by atoms with Crippen molar-refractivity contribution in [2.75, 3.05) is 11.4 Å². The van der Waals surface area contributed by atoms with E-state index in [4.69, 9.17) is 4.74 Å². The largest absolute Gasteiger partial charge is 0.478 e. The molecule has 1 amide bonds. The number of rotatable bonds is 4. The Bertz CT molecular complexity index is 806. The lowest BCUT2D eigenvalue weighted by Gasteiger charge is -2.34. The molecule has 0 bridgehead atoms. The second kappa shape index (κ2) is 6.17. The Hall–Kier alpha value is -2.36. The fourth-order valence-electron chi connectivity index (χ4n) is 3.77. The molecule has 4 heteroatoms. The fraction of sp³-hybridized carbons (Fsp3) is 0.429. The van der Waals surface area contributed by atoms with Crippen LogP contribution in [0.1, 0.15) is 37.3 Å². The minimum atomic E-state index is -0.338. The van der Waals surface area contributed by atoms with Gasteiger partial charge in [0.1, 0.15) is 5.75 Å². The Kier molecular flexibility index (Phi) is 3.98. The zero-order valence-corrected chi connectivity index (χ0v) is 15.1. The topological polar surface area (TPSA) is 42.4 Å². The molecule has 4 nitrogen and oxygen atoms in total. The van der Waals surface area contributed by atoms with Crippen LogP contribution in [-0.2, 0) is 4.79 Å². The predicted octanol–water partition coefficient (Wildman–Crippen LogP) is 4.28. The average Bonchev–Trinajstić information content (AvgIpc) is 3.40. The van der Waals surface area contributed by atoms with Crippen LogP contribution in [0.25, 0.3) is 11.1 Å². The first-order chi connectivity index (χ1) is 12.1. The van der Waals surface area contributed by atoms with Gasteiger partial charge in [-0.15, -0.1) is 0 Å². The van der Waals surface area contributed by atoms with Gasteiger partial charge in [0.15, 0.2) is 6.10 Å². The van der Waals surface area contributed by atoms with Crippen LogP contribution in [0.5, 0.6) is 5.75 Å². The second-order valence-corrected chi connectivity index (χ2v) is 7.20. The fourth-order valence-corrected chi connectivity index (χ4v) is 3.77. The molecule has 0 unspecified atom stereocenters. The number of benzene rings is 1. The quantitative estimate of drug-likeness (QED) is 0.837. The van der Waals surface area contributed by atoms with Crippen molar-refractivity contribution in [2.45, 2.75) is 46.1 Å². The van der Waals surface area contributed by atoms with E-state index in [0.717, 1.165) is 34.5 Å². The molecule has 1 aliphatic heterocycles. The van der Waals surface area contributed by atoms with Crippen molar-refractivity contribution >= 4 is 11.6 Å². The van der Waals surface area contributed by atoms with E-state index in [-0.39, 0.29) is 12.0 Å². The van der Waals surface area contributed by atoms with Crippen molar-refractivity contribution < 1.29 is 9.53 Å². The Morgan fingerprint density at radius 1 is 1.20 bits per heavy atom. The number of carbonyl (C=O) groups is 1. The summed E-state index contributed by atoms with van der Waals surface area (Å²) in [6.45, 7) is 6.84. The highest BCUT2D eigenvalue weighted by Crippen LogP contribution is 2.42. The van der Waals surface area contributed by atoms with Gasteiger partial charge in [-0.3, -0.25) is 9.78 Å². The summed E-state index contributed by atoms with van der Waals surface area (Å²) in [5, 5.41) is 0. The highest BCUT2D eigenvalue weighted by Gasteiger charge is 2.37. The number of fused-ring (bicyclic) bond motifs is 1. The number of amides is 1. The van der Waals surface area contributed by atoms with E-state index in [1.807, 2.05) is 30.3 Å². The van der Waals surface area contributed by atoms with Crippen molar-refractivity contribution in [3.05, 3.63) is 41.7 Å². The zero-order valence-electron chi connectivity index (χ0n) is 15.1. The second-order valence-electron chi connectivity index (χ2n) is 7.20. The van der Waals surface area contributed by atoms with Crippen LogP contribution in [0.3, 0.4) is 0 Å². The molecule has 0 saturated heterocycles. The number of pyridine rings is 1. The van der Waals surface area contributed by atoms with Crippen molar-refractivity contribution in [1.82, 2.24) is 4.98 Å². The molecular weight excluding hydrogens is 312 g/mol. The molecule has 130 valence electrons. The molecule has 1 saturated carbocycles. The van der Waals surface area contributed by atoms with E-state index in [1.54, 1.807) is 0 Å². The number of ether oxygens (including phenoxy) is 1. The van der Waals surface area contributed by atoms with Gasteiger partial charge in [0.25, 0.3) is 5.91 Å². The van der Waals surface area contributed by atoms with E-state index in [2.05, 4.69) is 31.0 Å². The van der Waals surface area contributed by atoms with Gasteiger partial charge < -0.3 is 9.64 Å². The van der Waals surface area contributed by atoms with Gasteiger partial charge in [-0.05, 0) is 67.5 Å². The summed E-state index contributed by atoms with van der Waals surface area (Å²) in [6, 6.07) is 6.17. The number of anilines is 1. The smallest absolute Gasteiger partial charge is 0.268 e. The summed E-state index contributed by atoms with van der Waals surface area (Å²) >= 11 is 0. The van der Waals surface area contributed by atoms with Gasteiger partial charge in [0.2, 0.25) is 0 Å². The van der Waals surface area contributed by atoms with E-state index in [0.29, 0.717) is 12.5 Å². The number of nitrogens with zero attached hydrogens (tertiary/aromatic N) is 2. The Morgan fingerprint density at radius 3 is 2.56 bits per heavy atom. The summed E-state index contributed by atoms with van der Waals surface area (Å²) in [5.41, 5.74) is 5.49. The number of hydrogen-bond donors (Lipinski definition) is 0. The third kappa shape index (κ3) is 2.90. The Balaban J connectivity index is 1.75. The summed E-state index contributed by atoms with van der Waals surface area (Å²) in [6.07, 6.45) is 6.73. The number of likely N-dealkylation sites (N-methyl/N-ethyl adjacent to an activating group) is 1. The lowest BCUT2D eigenvalue weighted by molar-refractivity contribution is -0.126. The normalized spacial score (nSPS) is 19.6. The van der Waals surface area contributed by atoms with Gasteiger partial charge in [-0.2, -0.15) is 0 Å². The Labute approximate surface area is 148 Å². The molecule has 1 aliphatic carbocycles. The lowest BCUT2D eigenvalue weighted by Crippen LogP contribution is -2.46.